The maximum Gasteiger partial charge on any atom is 1.00 e. The van der Waals surface area contributed by atoms with Gasteiger partial charge < -0.3 is 7.16 Å². The van der Waals surface area contributed by atoms with Crippen LogP contribution in [-0.2, 0) is 0 Å². The average molecular weight is 131 g/mol. The number of rotatable bonds is 0. The largest absolute Gasteiger partial charge is 1.00 e. The molecule has 0 aliphatic rings. The summed E-state index contributed by atoms with van der Waals surface area (Å²) in [6, 6.07) is 7.80. The maximum atomic E-state index is 5.52. The fraction of sp³-hybridized carbons (Fsp3) is 0.143. The van der Waals surface area contributed by atoms with E-state index in [1.165, 1.54) is 0 Å². The summed E-state index contributed by atoms with van der Waals surface area (Å²) in [7, 11) is 0. The van der Waals surface area contributed by atoms with Gasteiger partial charge in [0.25, 0.3) is 0 Å². The number of hydrogen-bond acceptors (Lipinski definition) is 1. The van der Waals surface area contributed by atoms with Gasteiger partial charge in [0.1, 0.15) is 0 Å². The Morgan fingerprint density at radius 1 is 1.33 bits per heavy atom. The first-order valence-corrected chi connectivity index (χ1v) is 2.62. The molecule has 0 bridgehead atoms. The van der Waals surface area contributed by atoms with Crippen molar-refractivity contribution in [3.8, 4) is 0 Å². The molecule has 1 rings (SSSR count). The second kappa shape index (κ2) is 3.94. The summed E-state index contributed by atoms with van der Waals surface area (Å²) in [5.41, 5.74) is 7.53. The van der Waals surface area contributed by atoms with Crippen molar-refractivity contribution in [3.63, 3.8) is 0 Å². The molecule has 2 heteroatoms. The van der Waals surface area contributed by atoms with Gasteiger partial charge in [0.05, 0.1) is 0 Å². The zero-order chi connectivity index (χ0) is 5.98. The van der Waals surface area contributed by atoms with Crippen LogP contribution in [0.5, 0.6) is 0 Å². The minimum atomic E-state index is 0. The van der Waals surface area contributed by atoms with Gasteiger partial charge >= 0.3 is 29.6 Å². The predicted molar refractivity (Wildman–Crippen MR) is 36.7 cm³/mol. The molecular formula is C7H10NNa. The molecule has 0 radical (unpaired) electrons. The SMILES string of the molecule is Cc1ccccc1N.[H-].[Na+]. The van der Waals surface area contributed by atoms with E-state index in [1.807, 2.05) is 31.2 Å². The Bertz CT molecular complexity index is 170. The van der Waals surface area contributed by atoms with Gasteiger partial charge in [-0.3, -0.25) is 0 Å². The Kier molecular flexibility index (Phi) is 3.95. The molecule has 0 spiro atoms. The first kappa shape index (κ1) is 9.02. The van der Waals surface area contributed by atoms with E-state index in [0.29, 0.717) is 0 Å². The van der Waals surface area contributed by atoms with Crippen LogP contribution in [0.25, 0.3) is 0 Å². The maximum absolute atomic E-state index is 5.52. The van der Waals surface area contributed by atoms with Crippen LogP contribution >= 0.6 is 0 Å². The number of nitrogen functional groups attached to an aromatic ring is 1. The van der Waals surface area contributed by atoms with E-state index in [0.717, 1.165) is 11.3 Å². The van der Waals surface area contributed by atoms with Crippen LogP contribution in [-0.4, -0.2) is 0 Å². The van der Waals surface area contributed by atoms with Gasteiger partial charge in [0, 0.05) is 5.69 Å². The van der Waals surface area contributed by atoms with Crippen molar-refractivity contribution in [2.75, 3.05) is 5.73 Å². The van der Waals surface area contributed by atoms with E-state index in [-0.39, 0.29) is 31.0 Å². The van der Waals surface area contributed by atoms with Crippen LogP contribution in [0, 0.1) is 6.92 Å². The smallest absolute Gasteiger partial charge is 1.00 e. The first-order valence-electron chi connectivity index (χ1n) is 2.62. The molecule has 0 unspecified atom stereocenters. The predicted octanol–water partition coefficient (Wildman–Crippen LogP) is -1.31. The minimum absolute atomic E-state index is 0. The van der Waals surface area contributed by atoms with Gasteiger partial charge in [0.2, 0.25) is 0 Å². The first-order chi connectivity index (χ1) is 3.80. The van der Waals surface area contributed by atoms with Gasteiger partial charge in [-0.15, -0.1) is 0 Å². The van der Waals surface area contributed by atoms with Crippen LogP contribution in [0.3, 0.4) is 0 Å². The van der Waals surface area contributed by atoms with Crippen molar-refractivity contribution in [2.45, 2.75) is 6.92 Å². The third kappa shape index (κ3) is 2.39. The summed E-state index contributed by atoms with van der Waals surface area (Å²) in [5.74, 6) is 0. The van der Waals surface area contributed by atoms with Crippen LogP contribution < -0.4 is 35.3 Å². The number of para-hydroxylation sites is 1. The van der Waals surface area contributed by atoms with Gasteiger partial charge in [0.15, 0.2) is 0 Å². The summed E-state index contributed by atoms with van der Waals surface area (Å²) < 4.78 is 0. The van der Waals surface area contributed by atoms with E-state index in [2.05, 4.69) is 0 Å². The molecule has 44 valence electrons. The standard InChI is InChI=1S/C7H9N.Na.H/c1-6-4-2-3-5-7(6)8;;/h2-5H,8H2,1H3;;/q;+1;-1. The Hall–Kier alpha value is 0.0200. The summed E-state index contributed by atoms with van der Waals surface area (Å²) in [5, 5.41) is 0. The second-order valence-electron chi connectivity index (χ2n) is 1.86. The molecule has 0 aliphatic carbocycles. The molecule has 1 nitrogen and oxygen atoms in total. The third-order valence-corrected chi connectivity index (χ3v) is 1.19. The molecule has 0 saturated heterocycles. The zero-order valence-electron chi connectivity index (χ0n) is 6.89. The van der Waals surface area contributed by atoms with Crippen molar-refractivity contribution in [1.82, 2.24) is 0 Å². The van der Waals surface area contributed by atoms with Crippen molar-refractivity contribution < 1.29 is 31.0 Å². The Balaban J connectivity index is 0. The number of hydrogen-bond donors (Lipinski definition) is 1. The fourth-order valence-electron chi connectivity index (χ4n) is 0.587. The molecule has 1 aromatic rings. The Morgan fingerprint density at radius 3 is 2.22 bits per heavy atom. The molecular weight excluding hydrogens is 121 g/mol. The number of benzene rings is 1. The summed E-state index contributed by atoms with van der Waals surface area (Å²) >= 11 is 0. The van der Waals surface area contributed by atoms with Crippen molar-refractivity contribution in [2.24, 2.45) is 0 Å². The molecule has 0 atom stereocenters. The Morgan fingerprint density at radius 2 is 1.89 bits per heavy atom. The van der Waals surface area contributed by atoms with E-state index in [1.54, 1.807) is 0 Å². The van der Waals surface area contributed by atoms with Gasteiger partial charge in [-0.2, -0.15) is 0 Å². The van der Waals surface area contributed by atoms with E-state index in [9.17, 15) is 0 Å². The molecule has 0 aromatic heterocycles. The van der Waals surface area contributed by atoms with Crippen LogP contribution in [0.1, 0.15) is 6.99 Å². The monoisotopic (exact) mass is 131 g/mol. The molecule has 9 heavy (non-hydrogen) atoms. The normalized spacial score (nSPS) is 8.11. The molecule has 0 amide bonds. The van der Waals surface area contributed by atoms with Gasteiger partial charge in [-0.25, -0.2) is 0 Å². The summed E-state index contributed by atoms with van der Waals surface area (Å²) in [6.07, 6.45) is 0. The molecule has 0 heterocycles. The Labute approximate surface area is 79.0 Å². The number of nitrogens with two attached hydrogens (primary N) is 1. The van der Waals surface area contributed by atoms with Crippen LogP contribution in [0.15, 0.2) is 24.3 Å². The average Bonchev–Trinajstić information content (AvgIpc) is 1.77. The minimum Gasteiger partial charge on any atom is -1.00 e. The third-order valence-electron chi connectivity index (χ3n) is 1.19. The zero-order valence-corrected chi connectivity index (χ0v) is 7.89. The van der Waals surface area contributed by atoms with Crippen LogP contribution in [0.4, 0.5) is 5.69 Å². The molecule has 0 saturated carbocycles. The van der Waals surface area contributed by atoms with Crippen molar-refractivity contribution in [1.29, 1.82) is 0 Å². The number of aryl methyl sites for hydroxylation is 1. The molecule has 0 aliphatic heterocycles. The molecule has 1 aromatic carbocycles. The molecule has 2 N–H and O–H groups in total. The van der Waals surface area contributed by atoms with Crippen molar-refractivity contribution in [3.05, 3.63) is 29.8 Å². The number of anilines is 1. The second-order valence-corrected chi connectivity index (χ2v) is 1.86. The summed E-state index contributed by atoms with van der Waals surface area (Å²) in [6.45, 7) is 2.00. The van der Waals surface area contributed by atoms with E-state index in [4.69, 9.17) is 5.73 Å². The van der Waals surface area contributed by atoms with E-state index < -0.39 is 0 Å². The van der Waals surface area contributed by atoms with E-state index >= 15 is 0 Å². The van der Waals surface area contributed by atoms with Crippen molar-refractivity contribution >= 4 is 5.69 Å². The topological polar surface area (TPSA) is 26.0 Å². The quantitative estimate of drug-likeness (QED) is 0.343. The van der Waals surface area contributed by atoms with Crippen LogP contribution in [0.2, 0.25) is 0 Å². The van der Waals surface area contributed by atoms with Gasteiger partial charge in [-0.05, 0) is 18.6 Å². The molecule has 0 fully saturated rings. The fourth-order valence-corrected chi connectivity index (χ4v) is 0.587. The summed E-state index contributed by atoms with van der Waals surface area (Å²) in [4.78, 5) is 0. The van der Waals surface area contributed by atoms with Gasteiger partial charge in [-0.1, -0.05) is 18.2 Å².